The first-order valence-electron chi connectivity index (χ1n) is 7.46. The van der Waals surface area contributed by atoms with E-state index in [1.54, 1.807) is 0 Å². The molecule has 0 atom stereocenters. The van der Waals surface area contributed by atoms with Crippen molar-refractivity contribution in [3.8, 4) is 0 Å². The molecule has 0 aromatic carbocycles. The monoisotopic (exact) mass is 265 g/mol. The minimum Gasteiger partial charge on any atom is -0.381 e. The second kappa shape index (κ2) is 5.59. The van der Waals surface area contributed by atoms with Crippen molar-refractivity contribution in [3.63, 3.8) is 0 Å². The lowest BCUT2D eigenvalue weighted by Crippen LogP contribution is -2.34. The van der Waals surface area contributed by atoms with Gasteiger partial charge in [0.05, 0.1) is 5.54 Å². The summed E-state index contributed by atoms with van der Waals surface area (Å²) < 4.78 is 10.7. The summed E-state index contributed by atoms with van der Waals surface area (Å²) in [5.74, 6) is 2.20. The zero-order valence-electron chi connectivity index (χ0n) is 11.4. The molecule has 1 aliphatic heterocycles. The Morgan fingerprint density at radius 1 is 1.21 bits per heavy atom. The first kappa shape index (κ1) is 13.1. The van der Waals surface area contributed by atoms with Crippen molar-refractivity contribution in [3.05, 3.63) is 11.7 Å². The molecular formula is C14H23N3O2. The summed E-state index contributed by atoms with van der Waals surface area (Å²) in [6.45, 7) is 1.79. The Morgan fingerprint density at radius 2 is 1.95 bits per heavy atom. The zero-order valence-corrected chi connectivity index (χ0v) is 11.4. The van der Waals surface area contributed by atoms with Crippen molar-refractivity contribution in [1.82, 2.24) is 10.1 Å². The number of nitrogens with zero attached hydrogens (tertiary/aromatic N) is 2. The van der Waals surface area contributed by atoms with Gasteiger partial charge in [0.1, 0.15) is 0 Å². The van der Waals surface area contributed by atoms with Crippen LogP contribution in [0.25, 0.3) is 0 Å². The largest absolute Gasteiger partial charge is 0.381 e. The summed E-state index contributed by atoms with van der Waals surface area (Å²) >= 11 is 0. The van der Waals surface area contributed by atoms with Crippen molar-refractivity contribution in [1.29, 1.82) is 0 Å². The maximum atomic E-state index is 6.33. The summed E-state index contributed by atoms with van der Waals surface area (Å²) in [4.78, 5) is 4.51. The minimum atomic E-state index is -0.333. The molecule has 0 bridgehead atoms. The maximum Gasteiger partial charge on any atom is 0.226 e. The zero-order chi connectivity index (χ0) is 13.1. The normalized spacial score (nSPS) is 23.8. The van der Waals surface area contributed by atoms with Crippen molar-refractivity contribution < 1.29 is 9.26 Å². The molecule has 1 saturated heterocycles. The van der Waals surface area contributed by atoms with Crippen LogP contribution >= 0.6 is 0 Å². The molecule has 0 unspecified atom stereocenters. The molecule has 0 amide bonds. The van der Waals surface area contributed by atoms with Crippen LogP contribution in [-0.2, 0) is 16.7 Å². The third-order valence-electron chi connectivity index (χ3n) is 4.52. The van der Waals surface area contributed by atoms with Gasteiger partial charge >= 0.3 is 0 Å². The molecule has 2 N–H and O–H groups in total. The summed E-state index contributed by atoms with van der Waals surface area (Å²) in [5, 5.41) is 4.10. The van der Waals surface area contributed by atoms with E-state index in [1.807, 2.05) is 0 Å². The standard InChI is InChI=1S/C14H23N3O2/c15-14(7-1-2-8-14)13-16-12(19-17-13)4-3-11-5-9-18-10-6-11/h11H,1-10,15H2. The molecule has 2 fully saturated rings. The number of aromatic nitrogens is 2. The van der Waals surface area contributed by atoms with Gasteiger partial charge in [0.2, 0.25) is 5.89 Å². The number of rotatable bonds is 4. The van der Waals surface area contributed by atoms with Crippen LogP contribution in [0.3, 0.4) is 0 Å². The molecule has 5 heteroatoms. The molecule has 3 rings (SSSR count). The van der Waals surface area contributed by atoms with E-state index in [2.05, 4.69) is 10.1 Å². The second-order valence-corrected chi connectivity index (χ2v) is 5.97. The van der Waals surface area contributed by atoms with Crippen molar-refractivity contribution in [2.45, 2.75) is 56.9 Å². The van der Waals surface area contributed by atoms with E-state index in [4.69, 9.17) is 15.0 Å². The number of aryl methyl sites for hydroxylation is 1. The fourth-order valence-corrected chi connectivity index (χ4v) is 3.15. The molecule has 0 radical (unpaired) electrons. The van der Waals surface area contributed by atoms with E-state index in [0.717, 1.165) is 63.5 Å². The third-order valence-corrected chi connectivity index (χ3v) is 4.52. The number of nitrogens with two attached hydrogens (primary N) is 1. The Bertz CT molecular complexity index is 407. The average Bonchev–Trinajstić information content (AvgIpc) is 3.07. The first-order valence-corrected chi connectivity index (χ1v) is 7.46. The lowest BCUT2D eigenvalue weighted by atomic mass is 9.95. The average molecular weight is 265 g/mol. The van der Waals surface area contributed by atoms with Crippen LogP contribution in [0.15, 0.2) is 4.52 Å². The molecule has 1 aliphatic carbocycles. The van der Waals surface area contributed by atoms with E-state index in [0.29, 0.717) is 5.82 Å². The topological polar surface area (TPSA) is 74.2 Å². The van der Waals surface area contributed by atoms with Gasteiger partial charge in [-0.2, -0.15) is 4.98 Å². The smallest absolute Gasteiger partial charge is 0.226 e. The Labute approximate surface area is 113 Å². The summed E-state index contributed by atoms with van der Waals surface area (Å²) in [6.07, 6.45) is 8.59. The Kier molecular flexibility index (Phi) is 3.84. The van der Waals surface area contributed by atoms with Gasteiger partial charge in [-0.25, -0.2) is 0 Å². The molecule has 0 spiro atoms. The van der Waals surface area contributed by atoms with E-state index >= 15 is 0 Å². The molecule has 1 aromatic rings. The van der Waals surface area contributed by atoms with E-state index in [-0.39, 0.29) is 5.54 Å². The maximum absolute atomic E-state index is 6.33. The molecule has 1 saturated carbocycles. The lowest BCUT2D eigenvalue weighted by Gasteiger charge is -2.21. The van der Waals surface area contributed by atoms with Crippen molar-refractivity contribution in [2.24, 2.45) is 11.7 Å². The highest BCUT2D eigenvalue weighted by Gasteiger charge is 2.35. The number of hydrogen-bond donors (Lipinski definition) is 1. The van der Waals surface area contributed by atoms with Gasteiger partial charge in [-0.15, -0.1) is 0 Å². The first-order chi connectivity index (χ1) is 9.26. The van der Waals surface area contributed by atoms with Crippen LogP contribution in [0.1, 0.15) is 56.7 Å². The molecule has 5 nitrogen and oxygen atoms in total. The van der Waals surface area contributed by atoms with E-state index in [9.17, 15) is 0 Å². The summed E-state index contributed by atoms with van der Waals surface area (Å²) in [7, 11) is 0. The van der Waals surface area contributed by atoms with Crippen molar-refractivity contribution in [2.75, 3.05) is 13.2 Å². The van der Waals surface area contributed by atoms with E-state index < -0.39 is 0 Å². The highest BCUT2D eigenvalue weighted by Crippen LogP contribution is 2.34. The van der Waals surface area contributed by atoms with Gasteiger partial charge in [0.15, 0.2) is 5.82 Å². The molecular weight excluding hydrogens is 242 g/mol. The van der Waals surface area contributed by atoms with Crippen LogP contribution in [0.4, 0.5) is 0 Å². The van der Waals surface area contributed by atoms with Crippen LogP contribution < -0.4 is 5.73 Å². The fourth-order valence-electron chi connectivity index (χ4n) is 3.15. The van der Waals surface area contributed by atoms with Gasteiger partial charge in [-0.3, -0.25) is 0 Å². The highest BCUT2D eigenvalue weighted by atomic mass is 16.5. The van der Waals surface area contributed by atoms with Crippen LogP contribution in [0, 0.1) is 5.92 Å². The molecule has 106 valence electrons. The Balaban J connectivity index is 1.55. The SMILES string of the molecule is NC1(c2noc(CCC3CCOCC3)n2)CCCC1. The second-order valence-electron chi connectivity index (χ2n) is 5.97. The lowest BCUT2D eigenvalue weighted by molar-refractivity contribution is 0.0634. The predicted molar refractivity (Wildman–Crippen MR) is 70.5 cm³/mol. The molecule has 2 aliphatic rings. The molecule has 2 heterocycles. The van der Waals surface area contributed by atoms with Gasteiger partial charge in [0.25, 0.3) is 0 Å². The van der Waals surface area contributed by atoms with Crippen LogP contribution in [0.2, 0.25) is 0 Å². The minimum absolute atomic E-state index is 0.333. The number of hydrogen-bond acceptors (Lipinski definition) is 5. The van der Waals surface area contributed by atoms with E-state index in [1.165, 1.54) is 12.8 Å². The quantitative estimate of drug-likeness (QED) is 0.903. The van der Waals surface area contributed by atoms with Crippen LogP contribution in [-0.4, -0.2) is 23.4 Å². The molecule has 19 heavy (non-hydrogen) atoms. The number of ether oxygens (including phenoxy) is 1. The van der Waals surface area contributed by atoms with Gasteiger partial charge in [-0.1, -0.05) is 18.0 Å². The Morgan fingerprint density at radius 3 is 2.68 bits per heavy atom. The fraction of sp³-hybridized carbons (Fsp3) is 0.857. The third kappa shape index (κ3) is 2.98. The van der Waals surface area contributed by atoms with Crippen LogP contribution in [0.5, 0.6) is 0 Å². The highest BCUT2D eigenvalue weighted by molar-refractivity contribution is 5.06. The van der Waals surface area contributed by atoms with Gasteiger partial charge in [0, 0.05) is 19.6 Å². The Hall–Kier alpha value is -0.940. The van der Waals surface area contributed by atoms with Gasteiger partial charge < -0.3 is 15.0 Å². The molecule has 1 aromatic heterocycles. The summed E-state index contributed by atoms with van der Waals surface area (Å²) in [6, 6.07) is 0. The van der Waals surface area contributed by atoms with Gasteiger partial charge in [-0.05, 0) is 38.0 Å². The van der Waals surface area contributed by atoms with Crippen molar-refractivity contribution >= 4 is 0 Å². The predicted octanol–water partition coefficient (Wildman–Crippen LogP) is 2.16. The summed E-state index contributed by atoms with van der Waals surface area (Å²) in [5.41, 5.74) is 6.00.